The third-order valence-electron chi connectivity index (χ3n) is 1.76. The van der Waals surface area contributed by atoms with Crippen molar-refractivity contribution in [3.63, 3.8) is 0 Å². The smallest absolute Gasteiger partial charge is 0.125 e. The third kappa shape index (κ3) is 4.77. The lowest BCUT2D eigenvalue weighted by molar-refractivity contribution is 0.617. The molecule has 0 aliphatic rings. The first-order valence-corrected chi connectivity index (χ1v) is 5.30. The molecule has 0 aliphatic heterocycles. The van der Waals surface area contributed by atoms with Gasteiger partial charge in [0.05, 0.1) is 0 Å². The Morgan fingerprint density at radius 1 is 1.50 bits per heavy atom. The molecule has 82 valence electrons. The highest BCUT2D eigenvalue weighted by Crippen LogP contribution is 2.22. The third-order valence-corrected chi connectivity index (χ3v) is 2.25. The molecule has 0 saturated carbocycles. The molecule has 3 heteroatoms. The van der Waals surface area contributed by atoms with Crippen LogP contribution in [0.25, 0.3) is 0 Å². The number of hydrogen-bond acceptors (Lipinski definition) is 1. The van der Waals surface area contributed by atoms with Crippen LogP contribution < -0.4 is 5.32 Å². The van der Waals surface area contributed by atoms with Gasteiger partial charge in [-0.1, -0.05) is 32.4 Å². The zero-order chi connectivity index (χ0) is 11.1. The Morgan fingerprint density at radius 3 is 2.43 bits per heavy atom. The summed E-state index contributed by atoms with van der Waals surface area (Å²) in [7, 11) is 1.78. The lowest BCUT2D eigenvalue weighted by atomic mass is 10.1. The average Bonchev–Trinajstić information content (AvgIpc) is 2.11. The monoisotopic (exact) mass is 219 g/mol. The second-order valence-electron chi connectivity index (χ2n) is 3.53. The number of rotatable bonds is 5. The van der Waals surface area contributed by atoms with Crippen molar-refractivity contribution in [3.8, 4) is 0 Å². The van der Waals surface area contributed by atoms with Gasteiger partial charge in [-0.3, -0.25) is 0 Å². The van der Waals surface area contributed by atoms with Gasteiger partial charge in [-0.15, -0.1) is 0 Å². The highest BCUT2D eigenvalue weighted by molar-refractivity contribution is 6.30. The summed E-state index contributed by atoms with van der Waals surface area (Å²) < 4.78 is 13.6. The minimum atomic E-state index is -0.207. The normalized spacial score (nSPS) is 14.6. The molecule has 0 aromatic carbocycles. The van der Waals surface area contributed by atoms with Gasteiger partial charge in [-0.05, 0) is 25.5 Å². The molecule has 0 heterocycles. The summed E-state index contributed by atoms with van der Waals surface area (Å²) in [6.07, 6.45) is 2.25. The molecule has 0 spiro atoms. The maximum Gasteiger partial charge on any atom is 0.125 e. The van der Waals surface area contributed by atoms with Crippen molar-refractivity contribution < 1.29 is 4.39 Å². The Morgan fingerprint density at radius 2 is 2.07 bits per heavy atom. The SMILES string of the molecule is CC/C(Cl)=C(CNC)\C(F)=C/C(C)C. The van der Waals surface area contributed by atoms with Crippen LogP contribution in [-0.4, -0.2) is 13.6 Å². The van der Waals surface area contributed by atoms with Gasteiger partial charge in [0.1, 0.15) is 5.83 Å². The van der Waals surface area contributed by atoms with Gasteiger partial charge >= 0.3 is 0 Å². The summed E-state index contributed by atoms with van der Waals surface area (Å²) in [5.41, 5.74) is 0.574. The highest BCUT2D eigenvalue weighted by Gasteiger charge is 2.08. The quantitative estimate of drug-likeness (QED) is 0.697. The average molecular weight is 220 g/mol. The van der Waals surface area contributed by atoms with E-state index in [2.05, 4.69) is 5.32 Å². The van der Waals surface area contributed by atoms with Gasteiger partial charge in [0.2, 0.25) is 0 Å². The summed E-state index contributed by atoms with van der Waals surface area (Å²) in [4.78, 5) is 0. The summed E-state index contributed by atoms with van der Waals surface area (Å²) in [6.45, 7) is 6.27. The molecule has 0 unspecified atom stereocenters. The second kappa shape index (κ2) is 7.02. The van der Waals surface area contributed by atoms with Crippen LogP contribution in [0.15, 0.2) is 22.5 Å². The number of likely N-dealkylation sites (N-methyl/N-ethyl adjacent to an activating group) is 1. The first-order valence-electron chi connectivity index (χ1n) is 4.92. The fourth-order valence-corrected chi connectivity index (χ4v) is 1.25. The highest BCUT2D eigenvalue weighted by atomic mass is 35.5. The second-order valence-corrected chi connectivity index (χ2v) is 3.98. The fraction of sp³-hybridized carbons (Fsp3) is 0.636. The first-order chi connectivity index (χ1) is 6.52. The summed E-state index contributed by atoms with van der Waals surface area (Å²) in [5.74, 6) is -0.00983. The van der Waals surface area contributed by atoms with Gasteiger partial charge in [0.15, 0.2) is 0 Å². The largest absolute Gasteiger partial charge is 0.316 e. The first kappa shape index (κ1) is 13.7. The molecule has 0 aromatic heterocycles. The van der Waals surface area contributed by atoms with E-state index in [0.29, 0.717) is 23.6 Å². The van der Waals surface area contributed by atoms with Crippen LogP contribution in [-0.2, 0) is 0 Å². The van der Waals surface area contributed by atoms with E-state index in [1.165, 1.54) is 0 Å². The standard InChI is InChI=1S/C11H19ClFN/c1-5-10(12)9(7-14-4)11(13)6-8(2)3/h6,8,14H,5,7H2,1-4H3/b10-9+,11-6+. The Hall–Kier alpha value is -0.340. The molecule has 1 N–H and O–H groups in total. The molecule has 0 saturated heterocycles. The molecule has 0 aliphatic carbocycles. The van der Waals surface area contributed by atoms with E-state index < -0.39 is 0 Å². The van der Waals surface area contributed by atoms with E-state index in [1.807, 2.05) is 20.8 Å². The molecular weight excluding hydrogens is 201 g/mol. The summed E-state index contributed by atoms with van der Waals surface area (Å²) >= 11 is 5.95. The Bertz CT molecular complexity index is 231. The van der Waals surface area contributed by atoms with Crippen molar-refractivity contribution in [1.82, 2.24) is 5.32 Å². The minimum Gasteiger partial charge on any atom is -0.316 e. The Kier molecular flexibility index (Phi) is 6.85. The Balaban J connectivity index is 4.83. The van der Waals surface area contributed by atoms with E-state index in [4.69, 9.17) is 11.6 Å². The number of halogens is 2. The predicted octanol–water partition coefficient (Wildman–Crippen LogP) is 3.62. The van der Waals surface area contributed by atoms with Crippen molar-refractivity contribution in [2.75, 3.05) is 13.6 Å². The van der Waals surface area contributed by atoms with Crippen LogP contribution in [0.1, 0.15) is 27.2 Å². The van der Waals surface area contributed by atoms with Gasteiger partial charge in [0.25, 0.3) is 0 Å². The van der Waals surface area contributed by atoms with Crippen LogP contribution in [0, 0.1) is 5.92 Å². The lowest BCUT2D eigenvalue weighted by Gasteiger charge is -2.08. The van der Waals surface area contributed by atoms with Crippen molar-refractivity contribution >= 4 is 11.6 Å². The van der Waals surface area contributed by atoms with Gasteiger partial charge in [0, 0.05) is 17.2 Å². The molecule has 0 bridgehead atoms. The van der Waals surface area contributed by atoms with Gasteiger partial charge < -0.3 is 5.32 Å². The summed E-state index contributed by atoms with van der Waals surface area (Å²) in [6, 6.07) is 0. The van der Waals surface area contributed by atoms with Crippen LogP contribution in [0.5, 0.6) is 0 Å². The van der Waals surface area contributed by atoms with E-state index in [1.54, 1.807) is 13.1 Å². The molecule has 0 amide bonds. The molecule has 0 rings (SSSR count). The molecule has 0 radical (unpaired) electrons. The van der Waals surface area contributed by atoms with E-state index in [0.717, 1.165) is 0 Å². The van der Waals surface area contributed by atoms with E-state index >= 15 is 0 Å². The molecule has 0 atom stereocenters. The van der Waals surface area contributed by atoms with Crippen LogP contribution in [0.4, 0.5) is 4.39 Å². The predicted molar refractivity (Wildman–Crippen MR) is 61.1 cm³/mol. The van der Waals surface area contributed by atoms with Crippen LogP contribution in [0.3, 0.4) is 0 Å². The minimum absolute atomic E-state index is 0.197. The van der Waals surface area contributed by atoms with Gasteiger partial charge in [-0.2, -0.15) is 0 Å². The number of allylic oxidation sites excluding steroid dienone is 2. The molecule has 0 aromatic rings. The van der Waals surface area contributed by atoms with E-state index in [-0.39, 0.29) is 11.7 Å². The molecule has 0 fully saturated rings. The van der Waals surface area contributed by atoms with Crippen molar-refractivity contribution in [3.05, 3.63) is 22.5 Å². The maximum absolute atomic E-state index is 13.6. The fourth-order valence-electron chi connectivity index (χ4n) is 1.09. The molecule has 1 nitrogen and oxygen atoms in total. The van der Waals surface area contributed by atoms with Gasteiger partial charge in [-0.25, -0.2) is 4.39 Å². The molecule has 14 heavy (non-hydrogen) atoms. The van der Waals surface area contributed by atoms with Crippen LogP contribution >= 0.6 is 11.6 Å². The zero-order valence-corrected chi connectivity index (χ0v) is 10.1. The lowest BCUT2D eigenvalue weighted by Crippen LogP contribution is -2.12. The van der Waals surface area contributed by atoms with E-state index in [9.17, 15) is 4.39 Å². The van der Waals surface area contributed by atoms with Crippen molar-refractivity contribution in [2.45, 2.75) is 27.2 Å². The number of hydrogen-bond donors (Lipinski definition) is 1. The number of nitrogens with one attached hydrogen (secondary N) is 1. The van der Waals surface area contributed by atoms with Crippen molar-refractivity contribution in [2.24, 2.45) is 5.92 Å². The molecular formula is C11H19ClFN. The zero-order valence-electron chi connectivity index (χ0n) is 9.32. The van der Waals surface area contributed by atoms with Crippen molar-refractivity contribution in [1.29, 1.82) is 0 Å². The maximum atomic E-state index is 13.6. The summed E-state index contributed by atoms with van der Waals surface area (Å²) in [5, 5.41) is 3.51. The van der Waals surface area contributed by atoms with Crippen LogP contribution in [0.2, 0.25) is 0 Å². The topological polar surface area (TPSA) is 12.0 Å². The Labute approximate surface area is 91.0 Å².